The van der Waals surface area contributed by atoms with Gasteiger partial charge in [-0.15, -0.1) is 0 Å². The molecule has 17 heavy (non-hydrogen) atoms. The molecular weight excluding hydrogens is 232 g/mol. The van der Waals surface area contributed by atoms with Crippen molar-refractivity contribution in [3.05, 3.63) is 12.2 Å². The van der Waals surface area contributed by atoms with Gasteiger partial charge in [-0.25, -0.2) is 4.79 Å². The number of ether oxygens (including phenoxy) is 1. The van der Waals surface area contributed by atoms with Crippen LogP contribution in [0.1, 0.15) is 34.1 Å². The van der Waals surface area contributed by atoms with E-state index in [1.54, 1.807) is 6.92 Å². The summed E-state index contributed by atoms with van der Waals surface area (Å²) in [4.78, 5) is 11.2. The standard InChI is InChI=1S/C13H26O3Si/c1-6-16-17(7-2,8-3)11-9-10-15-13(14)12(4)5/h4,6-11H2,1-3,5H3. The molecule has 0 aliphatic rings. The predicted octanol–water partition coefficient (Wildman–Crippen LogP) is 3.52. The van der Waals surface area contributed by atoms with Crippen molar-refractivity contribution in [3.8, 4) is 0 Å². The average molecular weight is 258 g/mol. The zero-order valence-electron chi connectivity index (χ0n) is 11.7. The summed E-state index contributed by atoms with van der Waals surface area (Å²) in [5.41, 5.74) is 0.462. The van der Waals surface area contributed by atoms with E-state index >= 15 is 0 Å². The highest BCUT2D eigenvalue weighted by atomic mass is 28.4. The maximum Gasteiger partial charge on any atom is 0.333 e. The van der Waals surface area contributed by atoms with Gasteiger partial charge in [0, 0.05) is 12.2 Å². The SMILES string of the molecule is C=C(C)C(=O)OCCC[Si](CC)(CC)OCC. The number of esters is 1. The molecule has 0 spiro atoms. The van der Waals surface area contributed by atoms with Crippen LogP contribution in [0, 0.1) is 0 Å². The van der Waals surface area contributed by atoms with Crippen LogP contribution >= 0.6 is 0 Å². The molecule has 0 saturated heterocycles. The van der Waals surface area contributed by atoms with Crippen molar-refractivity contribution in [1.82, 2.24) is 0 Å². The second-order valence-corrected chi connectivity index (χ2v) is 8.91. The first-order chi connectivity index (χ1) is 8.01. The van der Waals surface area contributed by atoms with E-state index in [0.717, 1.165) is 31.2 Å². The van der Waals surface area contributed by atoms with Crippen LogP contribution < -0.4 is 0 Å². The lowest BCUT2D eigenvalue weighted by Crippen LogP contribution is -2.36. The predicted molar refractivity (Wildman–Crippen MR) is 73.5 cm³/mol. The monoisotopic (exact) mass is 258 g/mol. The Kier molecular flexibility index (Phi) is 8.17. The highest BCUT2D eigenvalue weighted by Gasteiger charge is 2.29. The van der Waals surface area contributed by atoms with Gasteiger partial charge in [0.05, 0.1) is 6.61 Å². The summed E-state index contributed by atoms with van der Waals surface area (Å²) in [6, 6.07) is 3.33. The first-order valence-corrected chi connectivity index (χ1v) is 9.00. The molecule has 0 aromatic heterocycles. The van der Waals surface area contributed by atoms with E-state index in [-0.39, 0.29) is 5.97 Å². The molecule has 0 amide bonds. The number of hydrogen-bond donors (Lipinski definition) is 0. The Labute approximate surface area is 106 Å². The van der Waals surface area contributed by atoms with Crippen molar-refractivity contribution >= 4 is 14.3 Å². The van der Waals surface area contributed by atoms with E-state index in [0.29, 0.717) is 12.2 Å². The minimum Gasteiger partial charge on any atom is -0.462 e. The molecule has 0 bridgehead atoms. The second-order valence-electron chi connectivity index (χ2n) is 4.34. The molecule has 0 heterocycles. The van der Waals surface area contributed by atoms with Crippen molar-refractivity contribution in [1.29, 1.82) is 0 Å². The third-order valence-electron chi connectivity index (χ3n) is 3.10. The van der Waals surface area contributed by atoms with Crippen molar-refractivity contribution in [2.24, 2.45) is 0 Å². The molecule has 0 aliphatic carbocycles. The molecule has 0 radical (unpaired) electrons. The Morgan fingerprint density at radius 3 is 2.24 bits per heavy atom. The Bertz CT molecular complexity index is 247. The number of rotatable bonds is 9. The van der Waals surface area contributed by atoms with E-state index in [4.69, 9.17) is 9.16 Å². The first kappa shape index (κ1) is 16.4. The van der Waals surface area contributed by atoms with Gasteiger partial charge in [-0.3, -0.25) is 0 Å². The van der Waals surface area contributed by atoms with Crippen molar-refractivity contribution in [3.63, 3.8) is 0 Å². The van der Waals surface area contributed by atoms with Gasteiger partial charge in [-0.05, 0) is 38.4 Å². The topological polar surface area (TPSA) is 35.5 Å². The molecule has 0 aliphatic heterocycles. The average Bonchev–Trinajstić information content (AvgIpc) is 2.32. The molecule has 0 fully saturated rings. The third kappa shape index (κ3) is 6.03. The molecule has 0 rings (SSSR count). The highest BCUT2D eigenvalue weighted by Crippen LogP contribution is 2.23. The molecule has 0 N–H and O–H groups in total. The Morgan fingerprint density at radius 2 is 1.82 bits per heavy atom. The largest absolute Gasteiger partial charge is 0.462 e. The second kappa shape index (κ2) is 8.47. The summed E-state index contributed by atoms with van der Waals surface area (Å²) in [7, 11) is -1.56. The molecular formula is C13H26O3Si. The minimum atomic E-state index is -1.56. The van der Waals surface area contributed by atoms with E-state index in [1.165, 1.54) is 0 Å². The molecule has 0 aromatic carbocycles. The molecule has 0 unspecified atom stereocenters. The lowest BCUT2D eigenvalue weighted by Gasteiger charge is -2.28. The lowest BCUT2D eigenvalue weighted by atomic mass is 10.4. The van der Waals surface area contributed by atoms with Gasteiger partial charge in [-0.2, -0.15) is 0 Å². The number of hydrogen-bond acceptors (Lipinski definition) is 3. The highest BCUT2D eigenvalue weighted by molar-refractivity contribution is 6.73. The van der Waals surface area contributed by atoms with Crippen molar-refractivity contribution in [2.45, 2.75) is 52.2 Å². The van der Waals surface area contributed by atoms with Crippen LogP contribution in [0.4, 0.5) is 0 Å². The summed E-state index contributed by atoms with van der Waals surface area (Å²) in [5.74, 6) is -0.290. The zero-order valence-corrected chi connectivity index (χ0v) is 12.7. The van der Waals surface area contributed by atoms with Gasteiger partial charge in [0.1, 0.15) is 0 Å². The maximum atomic E-state index is 11.2. The summed E-state index contributed by atoms with van der Waals surface area (Å²) >= 11 is 0. The van der Waals surface area contributed by atoms with Crippen LogP contribution in [0.2, 0.25) is 18.1 Å². The van der Waals surface area contributed by atoms with Gasteiger partial charge in [0.25, 0.3) is 0 Å². The smallest absolute Gasteiger partial charge is 0.333 e. The van der Waals surface area contributed by atoms with Crippen LogP contribution in [-0.4, -0.2) is 27.5 Å². The van der Waals surface area contributed by atoms with E-state index < -0.39 is 8.32 Å². The molecule has 0 saturated carbocycles. The normalized spacial score (nSPS) is 11.3. The zero-order chi connectivity index (χ0) is 13.3. The van der Waals surface area contributed by atoms with Crippen LogP contribution in [0.5, 0.6) is 0 Å². The Morgan fingerprint density at radius 1 is 1.24 bits per heavy atom. The van der Waals surface area contributed by atoms with Crippen molar-refractivity contribution in [2.75, 3.05) is 13.2 Å². The van der Waals surface area contributed by atoms with E-state index in [9.17, 15) is 4.79 Å². The maximum absolute atomic E-state index is 11.2. The van der Waals surface area contributed by atoms with E-state index in [2.05, 4.69) is 20.4 Å². The summed E-state index contributed by atoms with van der Waals surface area (Å²) in [6.45, 7) is 12.9. The number of carbonyl (C=O) groups excluding carboxylic acids is 1. The fourth-order valence-electron chi connectivity index (χ4n) is 1.87. The quantitative estimate of drug-likeness (QED) is 0.275. The van der Waals surface area contributed by atoms with Gasteiger partial charge in [0.2, 0.25) is 0 Å². The van der Waals surface area contributed by atoms with Crippen LogP contribution in [0.3, 0.4) is 0 Å². The summed E-state index contributed by atoms with van der Waals surface area (Å²) in [5, 5.41) is 0. The minimum absolute atomic E-state index is 0.290. The Hall–Kier alpha value is -0.613. The first-order valence-electron chi connectivity index (χ1n) is 6.48. The van der Waals surface area contributed by atoms with Gasteiger partial charge in [0.15, 0.2) is 8.32 Å². The summed E-state index contributed by atoms with van der Waals surface area (Å²) < 4.78 is 11.1. The summed E-state index contributed by atoms with van der Waals surface area (Å²) in [6.07, 6.45) is 0.896. The number of carbonyl (C=O) groups is 1. The lowest BCUT2D eigenvalue weighted by molar-refractivity contribution is -0.138. The van der Waals surface area contributed by atoms with Crippen LogP contribution in [0.15, 0.2) is 12.2 Å². The molecule has 3 nitrogen and oxygen atoms in total. The van der Waals surface area contributed by atoms with E-state index in [1.807, 2.05) is 6.92 Å². The van der Waals surface area contributed by atoms with Gasteiger partial charge >= 0.3 is 5.97 Å². The fraction of sp³-hybridized carbons (Fsp3) is 0.769. The molecule has 0 aromatic rings. The molecule has 4 heteroatoms. The third-order valence-corrected chi connectivity index (χ3v) is 7.84. The van der Waals surface area contributed by atoms with Crippen molar-refractivity contribution < 1.29 is 14.0 Å². The van der Waals surface area contributed by atoms with Gasteiger partial charge in [-0.1, -0.05) is 20.4 Å². The fourth-order valence-corrected chi connectivity index (χ4v) is 5.03. The van der Waals surface area contributed by atoms with Crippen LogP contribution in [-0.2, 0) is 14.0 Å². The molecule has 100 valence electrons. The van der Waals surface area contributed by atoms with Crippen LogP contribution in [0.25, 0.3) is 0 Å². The molecule has 0 atom stereocenters. The van der Waals surface area contributed by atoms with Gasteiger partial charge < -0.3 is 9.16 Å². The Balaban J connectivity index is 3.98.